The summed E-state index contributed by atoms with van der Waals surface area (Å²) in [7, 11) is -2.93. The third kappa shape index (κ3) is 4.03. The largest absolute Gasteiger partial charge is 0.545 e. The van der Waals surface area contributed by atoms with Crippen LogP contribution in [0.3, 0.4) is 0 Å². The predicted octanol–water partition coefficient (Wildman–Crippen LogP) is 3.94. The van der Waals surface area contributed by atoms with E-state index in [4.69, 9.17) is 8.85 Å². The maximum absolute atomic E-state index is 6.06. The molecule has 1 unspecified atom stereocenters. The lowest BCUT2D eigenvalue weighted by atomic mass is 9.93. The summed E-state index contributed by atoms with van der Waals surface area (Å²) in [6, 6.07) is 0. The summed E-state index contributed by atoms with van der Waals surface area (Å²) in [5.74, 6) is 2.82. The lowest BCUT2D eigenvalue weighted by Crippen LogP contribution is -2.35. The van der Waals surface area contributed by atoms with Gasteiger partial charge in [-0.2, -0.15) is 0 Å². The standard InChI is InChI=1S/C11H24O2Si2/c1-9-8-10(12-14(2,3)4)11(9)13-15(5,6)7/h9H,8H2,1-7H3. The fraction of sp³-hybridized carbons (Fsp3) is 0.818. The van der Waals surface area contributed by atoms with Crippen molar-refractivity contribution in [1.29, 1.82) is 0 Å². The minimum atomic E-state index is -1.47. The van der Waals surface area contributed by atoms with E-state index in [0.29, 0.717) is 5.92 Å². The van der Waals surface area contributed by atoms with Crippen LogP contribution < -0.4 is 0 Å². The van der Waals surface area contributed by atoms with E-state index in [1.165, 1.54) is 0 Å². The lowest BCUT2D eigenvalue weighted by molar-refractivity contribution is 0.223. The minimum Gasteiger partial charge on any atom is -0.545 e. The molecule has 0 heterocycles. The molecule has 0 radical (unpaired) electrons. The van der Waals surface area contributed by atoms with Gasteiger partial charge in [-0.3, -0.25) is 0 Å². The quantitative estimate of drug-likeness (QED) is 0.697. The summed E-state index contributed by atoms with van der Waals surface area (Å²) in [5, 5.41) is 0. The van der Waals surface area contributed by atoms with Crippen LogP contribution in [0.1, 0.15) is 13.3 Å². The number of allylic oxidation sites excluding steroid dienone is 2. The highest BCUT2D eigenvalue weighted by Crippen LogP contribution is 2.38. The summed E-state index contributed by atoms with van der Waals surface area (Å²) >= 11 is 0. The van der Waals surface area contributed by atoms with Gasteiger partial charge in [0.1, 0.15) is 11.5 Å². The fourth-order valence-electron chi connectivity index (χ4n) is 1.56. The van der Waals surface area contributed by atoms with Crippen molar-refractivity contribution in [2.45, 2.75) is 52.6 Å². The van der Waals surface area contributed by atoms with E-state index in [1.807, 2.05) is 0 Å². The van der Waals surface area contributed by atoms with Gasteiger partial charge in [-0.1, -0.05) is 6.92 Å². The van der Waals surface area contributed by atoms with Gasteiger partial charge in [0, 0.05) is 12.3 Å². The molecule has 0 aromatic rings. The highest BCUT2D eigenvalue weighted by Gasteiger charge is 2.35. The van der Waals surface area contributed by atoms with E-state index in [9.17, 15) is 0 Å². The highest BCUT2D eigenvalue weighted by molar-refractivity contribution is 6.70. The minimum absolute atomic E-state index is 0.558. The Morgan fingerprint density at radius 3 is 1.73 bits per heavy atom. The van der Waals surface area contributed by atoms with Crippen LogP contribution >= 0.6 is 0 Å². The molecule has 2 nitrogen and oxygen atoms in total. The zero-order chi connectivity index (χ0) is 11.9. The van der Waals surface area contributed by atoms with Crippen LogP contribution in [-0.2, 0) is 8.85 Å². The Morgan fingerprint density at radius 2 is 1.40 bits per heavy atom. The summed E-state index contributed by atoms with van der Waals surface area (Å²) in [6.45, 7) is 15.5. The molecule has 88 valence electrons. The Labute approximate surface area is 95.9 Å². The third-order valence-electron chi connectivity index (χ3n) is 2.06. The van der Waals surface area contributed by atoms with Gasteiger partial charge >= 0.3 is 0 Å². The molecule has 1 aliphatic rings. The molecule has 0 amide bonds. The first kappa shape index (κ1) is 12.8. The van der Waals surface area contributed by atoms with Crippen molar-refractivity contribution in [1.82, 2.24) is 0 Å². The van der Waals surface area contributed by atoms with Crippen LogP contribution in [0.5, 0.6) is 0 Å². The van der Waals surface area contributed by atoms with Crippen molar-refractivity contribution >= 4 is 16.6 Å². The molecule has 0 spiro atoms. The normalized spacial score (nSPS) is 22.5. The van der Waals surface area contributed by atoms with Gasteiger partial charge in [0.05, 0.1) is 0 Å². The smallest absolute Gasteiger partial charge is 0.241 e. The third-order valence-corrected chi connectivity index (χ3v) is 3.75. The van der Waals surface area contributed by atoms with Gasteiger partial charge in [0.25, 0.3) is 0 Å². The highest BCUT2D eigenvalue weighted by atomic mass is 28.4. The molecule has 4 heteroatoms. The SMILES string of the molecule is CC1CC(O[Si](C)(C)C)=C1O[Si](C)(C)C. The first-order chi connectivity index (χ1) is 6.58. The zero-order valence-corrected chi connectivity index (χ0v) is 13.1. The first-order valence-corrected chi connectivity index (χ1v) is 12.5. The molecule has 0 N–H and O–H groups in total. The lowest BCUT2D eigenvalue weighted by Gasteiger charge is -2.37. The Kier molecular flexibility index (Phi) is 3.40. The molecule has 0 aromatic heterocycles. The average molecular weight is 244 g/mol. The van der Waals surface area contributed by atoms with Gasteiger partial charge in [-0.05, 0) is 39.3 Å². The Hall–Kier alpha value is -0.226. The van der Waals surface area contributed by atoms with E-state index in [2.05, 4.69) is 46.2 Å². The average Bonchev–Trinajstić information content (AvgIpc) is 1.96. The summed E-state index contributed by atoms with van der Waals surface area (Å²) in [4.78, 5) is 0. The molecule has 1 atom stereocenters. The Balaban J connectivity index is 2.71. The van der Waals surface area contributed by atoms with Gasteiger partial charge in [-0.25, -0.2) is 0 Å². The molecule has 0 fully saturated rings. The van der Waals surface area contributed by atoms with Crippen molar-refractivity contribution in [2.75, 3.05) is 0 Å². The molecule has 1 rings (SSSR count). The molecule has 1 aliphatic carbocycles. The van der Waals surface area contributed by atoms with Crippen molar-refractivity contribution < 1.29 is 8.85 Å². The van der Waals surface area contributed by atoms with Crippen LogP contribution in [0.15, 0.2) is 11.5 Å². The fourth-order valence-corrected chi connectivity index (χ4v) is 3.46. The number of hydrogen-bond donors (Lipinski definition) is 0. The van der Waals surface area contributed by atoms with Gasteiger partial charge in [0.2, 0.25) is 16.6 Å². The molecular weight excluding hydrogens is 220 g/mol. The van der Waals surface area contributed by atoms with Crippen molar-refractivity contribution in [3.63, 3.8) is 0 Å². The summed E-state index contributed by atoms with van der Waals surface area (Å²) in [6.07, 6.45) is 1.06. The predicted molar refractivity (Wildman–Crippen MR) is 69.7 cm³/mol. The second-order valence-corrected chi connectivity index (χ2v) is 15.2. The van der Waals surface area contributed by atoms with Crippen LogP contribution in [0.25, 0.3) is 0 Å². The second kappa shape index (κ2) is 3.98. The zero-order valence-electron chi connectivity index (χ0n) is 11.1. The molecule has 0 saturated heterocycles. The maximum Gasteiger partial charge on any atom is 0.241 e. The molecule has 0 aromatic carbocycles. The number of hydrogen-bond acceptors (Lipinski definition) is 2. The van der Waals surface area contributed by atoms with Crippen molar-refractivity contribution in [3.05, 3.63) is 11.5 Å². The molecule has 15 heavy (non-hydrogen) atoms. The topological polar surface area (TPSA) is 18.5 Å². The van der Waals surface area contributed by atoms with E-state index < -0.39 is 16.6 Å². The van der Waals surface area contributed by atoms with Crippen LogP contribution in [0.4, 0.5) is 0 Å². The summed E-state index contributed by atoms with van der Waals surface area (Å²) in [5.41, 5.74) is 0. The van der Waals surface area contributed by atoms with E-state index in [1.54, 1.807) is 0 Å². The van der Waals surface area contributed by atoms with Gasteiger partial charge in [0.15, 0.2) is 0 Å². The van der Waals surface area contributed by atoms with Crippen molar-refractivity contribution in [2.24, 2.45) is 5.92 Å². The van der Waals surface area contributed by atoms with Gasteiger partial charge in [-0.15, -0.1) is 0 Å². The molecule has 0 bridgehead atoms. The Morgan fingerprint density at radius 1 is 0.933 bits per heavy atom. The first-order valence-electron chi connectivity index (χ1n) is 5.69. The number of rotatable bonds is 4. The summed E-state index contributed by atoms with van der Waals surface area (Å²) < 4.78 is 12.1. The van der Waals surface area contributed by atoms with E-state index in [-0.39, 0.29) is 0 Å². The maximum atomic E-state index is 6.06. The molecular formula is C11H24O2Si2. The van der Waals surface area contributed by atoms with Crippen LogP contribution in [-0.4, -0.2) is 16.6 Å². The molecule has 0 aliphatic heterocycles. The van der Waals surface area contributed by atoms with Crippen LogP contribution in [0.2, 0.25) is 39.3 Å². The monoisotopic (exact) mass is 244 g/mol. The van der Waals surface area contributed by atoms with Gasteiger partial charge < -0.3 is 8.85 Å². The van der Waals surface area contributed by atoms with Crippen LogP contribution in [0, 0.1) is 5.92 Å². The second-order valence-electron chi connectivity index (χ2n) is 6.32. The van der Waals surface area contributed by atoms with E-state index >= 15 is 0 Å². The van der Waals surface area contributed by atoms with E-state index in [0.717, 1.165) is 17.9 Å². The Bertz CT molecular complexity index is 271. The molecule has 0 saturated carbocycles. The van der Waals surface area contributed by atoms with Crippen molar-refractivity contribution in [3.8, 4) is 0 Å².